The molecule has 1 saturated carbocycles. The lowest BCUT2D eigenvalue weighted by Crippen LogP contribution is -2.41. The van der Waals surface area contributed by atoms with Crippen LogP contribution < -0.4 is 0 Å². The zero-order valence-corrected chi connectivity index (χ0v) is 8.11. The predicted molar refractivity (Wildman–Crippen MR) is 49.6 cm³/mol. The maximum atomic E-state index is 11.9. The molecule has 1 atom stereocenters. The third-order valence-electron chi connectivity index (χ3n) is 2.91. The molecule has 0 amide bonds. The Morgan fingerprint density at radius 2 is 1.92 bits per heavy atom. The van der Waals surface area contributed by atoms with Crippen molar-refractivity contribution in [2.24, 2.45) is 10.8 Å². The highest BCUT2D eigenvalue weighted by molar-refractivity contribution is 5.92. The van der Waals surface area contributed by atoms with Gasteiger partial charge in [0.1, 0.15) is 0 Å². The maximum Gasteiger partial charge on any atom is 0.156 e. The van der Waals surface area contributed by atoms with E-state index in [1.165, 1.54) is 0 Å². The molecule has 0 bridgehead atoms. The highest BCUT2D eigenvalue weighted by Crippen LogP contribution is 2.42. The summed E-state index contributed by atoms with van der Waals surface area (Å²) >= 11 is 0. The van der Waals surface area contributed by atoms with Gasteiger partial charge in [0.2, 0.25) is 0 Å². The highest BCUT2D eigenvalue weighted by Gasteiger charge is 2.44. The van der Waals surface area contributed by atoms with Gasteiger partial charge < -0.3 is 0 Å². The number of carbonyl (C=O) groups is 1. The Balaban J connectivity index is 2.97. The van der Waals surface area contributed by atoms with Gasteiger partial charge in [0.05, 0.1) is 5.41 Å². The van der Waals surface area contributed by atoms with Crippen LogP contribution in [0.15, 0.2) is 0 Å². The van der Waals surface area contributed by atoms with Crippen LogP contribution >= 0.6 is 0 Å². The molecule has 0 radical (unpaired) electrons. The standard InChI is InChI=1S/C11H16O/c1-5-11(4)8-6-7-10(2,3)9(11)12/h1H,6-8H2,2-4H3. The second-order valence-electron chi connectivity index (χ2n) is 4.54. The summed E-state index contributed by atoms with van der Waals surface area (Å²) < 4.78 is 0. The minimum Gasteiger partial charge on any atom is -0.297 e. The number of hydrogen-bond donors (Lipinski definition) is 0. The van der Waals surface area contributed by atoms with E-state index in [0.29, 0.717) is 0 Å². The molecule has 1 fully saturated rings. The Labute approximate surface area is 74.5 Å². The molecule has 1 unspecified atom stereocenters. The summed E-state index contributed by atoms with van der Waals surface area (Å²) in [4.78, 5) is 11.9. The summed E-state index contributed by atoms with van der Waals surface area (Å²) in [7, 11) is 0. The van der Waals surface area contributed by atoms with Crippen molar-refractivity contribution in [3.05, 3.63) is 0 Å². The molecule has 0 aromatic carbocycles. The van der Waals surface area contributed by atoms with Crippen molar-refractivity contribution in [2.45, 2.75) is 40.0 Å². The zero-order valence-electron chi connectivity index (χ0n) is 8.11. The SMILES string of the molecule is C#CC1(C)CCCC(C)(C)C1=O. The summed E-state index contributed by atoms with van der Waals surface area (Å²) in [6.07, 6.45) is 8.28. The van der Waals surface area contributed by atoms with E-state index in [9.17, 15) is 4.79 Å². The largest absolute Gasteiger partial charge is 0.297 e. The van der Waals surface area contributed by atoms with E-state index in [-0.39, 0.29) is 11.2 Å². The van der Waals surface area contributed by atoms with Crippen molar-refractivity contribution in [3.8, 4) is 12.3 Å². The maximum absolute atomic E-state index is 11.9. The second-order valence-corrected chi connectivity index (χ2v) is 4.54. The number of rotatable bonds is 0. The number of carbonyl (C=O) groups excluding carboxylic acids is 1. The van der Waals surface area contributed by atoms with Crippen molar-refractivity contribution in [2.75, 3.05) is 0 Å². The van der Waals surface area contributed by atoms with Crippen LogP contribution in [0.4, 0.5) is 0 Å². The molecule has 1 nitrogen and oxygen atoms in total. The van der Waals surface area contributed by atoms with Crippen LogP contribution in [-0.2, 0) is 4.79 Å². The summed E-state index contributed by atoms with van der Waals surface area (Å²) in [6.45, 7) is 5.87. The molecule has 1 aliphatic rings. The summed E-state index contributed by atoms with van der Waals surface area (Å²) in [5.74, 6) is 2.88. The van der Waals surface area contributed by atoms with Crippen LogP contribution in [0.25, 0.3) is 0 Å². The number of hydrogen-bond acceptors (Lipinski definition) is 1. The Bertz CT molecular complexity index is 244. The first kappa shape index (κ1) is 9.32. The van der Waals surface area contributed by atoms with Gasteiger partial charge in [0, 0.05) is 5.41 Å². The van der Waals surface area contributed by atoms with Gasteiger partial charge >= 0.3 is 0 Å². The Hall–Kier alpha value is -0.770. The molecule has 0 aromatic rings. The molecule has 0 N–H and O–H groups in total. The smallest absolute Gasteiger partial charge is 0.156 e. The highest BCUT2D eigenvalue weighted by atomic mass is 16.1. The van der Waals surface area contributed by atoms with E-state index in [4.69, 9.17) is 6.42 Å². The quantitative estimate of drug-likeness (QED) is 0.502. The zero-order chi connectivity index (χ0) is 9.41. The van der Waals surface area contributed by atoms with Gasteiger partial charge in [0.25, 0.3) is 0 Å². The first-order chi connectivity index (χ1) is 5.42. The van der Waals surface area contributed by atoms with Crippen LogP contribution in [0.1, 0.15) is 40.0 Å². The molecule has 1 aliphatic carbocycles. The molecule has 1 heteroatoms. The van der Waals surface area contributed by atoms with Crippen molar-refractivity contribution in [1.29, 1.82) is 0 Å². The molecule has 1 rings (SSSR count). The fourth-order valence-electron chi connectivity index (χ4n) is 2.00. The van der Waals surface area contributed by atoms with Gasteiger partial charge in [-0.05, 0) is 19.8 Å². The molecule has 0 saturated heterocycles. The molecule has 12 heavy (non-hydrogen) atoms. The number of ketones is 1. The minimum absolute atomic E-state index is 0.209. The second kappa shape index (κ2) is 2.62. The van der Waals surface area contributed by atoms with Crippen LogP contribution in [-0.4, -0.2) is 5.78 Å². The normalized spacial score (nSPS) is 34.3. The van der Waals surface area contributed by atoms with Crippen LogP contribution in [0.2, 0.25) is 0 Å². The predicted octanol–water partition coefficient (Wildman–Crippen LogP) is 2.41. The lowest BCUT2D eigenvalue weighted by atomic mass is 9.64. The van der Waals surface area contributed by atoms with E-state index in [1.807, 2.05) is 20.8 Å². The molecule has 0 spiro atoms. The average molecular weight is 164 g/mol. The lowest BCUT2D eigenvalue weighted by Gasteiger charge is -2.37. The van der Waals surface area contributed by atoms with Gasteiger partial charge in [-0.25, -0.2) is 0 Å². The van der Waals surface area contributed by atoms with Crippen molar-refractivity contribution >= 4 is 5.78 Å². The summed E-state index contributed by atoms with van der Waals surface area (Å²) in [5.41, 5.74) is -0.707. The third kappa shape index (κ3) is 1.27. The van der Waals surface area contributed by atoms with E-state index in [0.717, 1.165) is 19.3 Å². The average Bonchev–Trinajstić information content (AvgIpc) is 2.00. The van der Waals surface area contributed by atoms with E-state index in [1.54, 1.807) is 0 Å². The van der Waals surface area contributed by atoms with Gasteiger partial charge in [0.15, 0.2) is 5.78 Å². The third-order valence-corrected chi connectivity index (χ3v) is 2.91. The minimum atomic E-state index is -0.498. The van der Waals surface area contributed by atoms with E-state index in [2.05, 4.69) is 5.92 Å². The first-order valence-electron chi connectivity index (χ1n) is 4.45. The topological polar surface area (TPSA) is 17.1 Å². The van der Waals surface area contributed by atoms with Gasteiger partial charge in [-0.15, -0.1) is 6.42 Å². The Morgan fingerprint density at radius 3 is 2.33 bits per heavy atom. The molecule has 0 heterocycles. The van der Waals surface area contributed by atoms with E-state index >= 15 is 0 Å². The van der Waals surface area contributed by atoms with Crippen molar-refractivity contribution < 1.29 is 4.79 Å². The van der Waals surface area contributed by atoms with Crippen molar-refractivity contribution in [1.82, 2.24) is 0 Å². The number of Topliss-reactive ketones (excluding diaryl/α,β-unsaturated/α-hetero) is 1. The van der Waals surface area contributed by atoms with Gasteiger partial charge in [-0.3, -0.25) is 4.79 Å². The van der Waals surface area contributed by atoms with Crippen LogP contribution in [0, 0.1) is 23.2 Å². The monoisotopic (exact) mass is 164 g/mol. The number of terminal acetylenes is 1. The van der Waals surface area contributed by atoms with Gasteiger partial charge in [-0.2, -0.15) is 0 Å². The molecule has 0 aliphatic heterocycles. The van der Waals surface area contributed by atoms with Crippen LogP contribution in [0.5, 0.6) is 0 Å². The Morgan fingerprint density at radius 1 is 1.33 bits per heavy atom. The fraction of sp³-hybridized carbons (Fsp3) is 0.727. The fourth-order valence-corrected chi connectivity index (χ4v) is 2.00. The summed E-state index contributed by atoms with van der Waals surface area (Å²) in [6, 6.07) is 0. The molecular weight excluding hydrogens is 148 g/mol. The Kier molecular flexibility index (Phi) is 2.04. The summed E-state index contributed by atoms with van der Waals surface area (Å²) in [5, 5.41) is 0. The first-order valence-corrected chi connectivity index (χ1v) is 4.45. The molecular formula is C11H16O. The molecule has 66 valence electrons. The lowest BCUT2D eigenvalue weighted by molar-refractivity contribution is -0.137. The molecule has 0 aromatic heterocycles. The van der Waals surface area contributed by atoms with E-state index < -0.39 is 5.41 Å². The van der Waals surface area contributed by atoms with Crippen LogP contribution in [0.3, 0.4) is 0 Å². The van der Waals surface area contributed by atoms with Gasteiger partial charge in [-0.1, -0.05) is 26.2 Å². The van der Waals surface area contributed by atoms with Crippen molar-refractivity contribution in [3.63, 3.8) is 0 Å².